The maximum Gasteiger partial charge on any atom is 0.273 e. The van der Waals surface area contributed by atoms with Crippen LogP contribution < -0.4 is 0 Å². The van der Waals surface area contributed by atoms with Crippen LogP contribution in [0.4, 0.5) is 4.39 Å². The number of halogens is 1. The van der Waals surface area contributed by atoms with E-state index >= 15 is 0 Å². The van der Waals surface area contributed by atoms with Crippen LogP contribution in [0.25, 0.3) is 11.3 Å². The Bertz CT molecular complexity index is 1160. The molecule has 5 rings (SSSR count). The lowest BCUT2D eigenvalue weighted by Gasteiger charge is -2.26. The molecule has 6 heteroatoms. The molecule has 0 bridgehead atoms. The second kappa shape index (κ2) is 6.98. The molecule has 1 atom stereocenters. The van der Waals surface area contributed by atoms with Crippen molar-refractivity contribution in [2.24, 2.45) is 0 Å². The maximum absolute atomic E-state index is 13.6. The van der Waals surface area contributed by atoms with Gasteiger partial charge in [0.1, 0.15) is 11.5 Å². The summed E-state index contributed by atoms with van der Waals surface area (Å²) in [5.41, 5.74) is 4.77. The molecule has 1 unspecified atom stereocenters. The van der Waals surface area contributed by atoms with Gasteiger partial charge in [0.05, 0.1) is 11.7 Å². The first kappa shape index (κ1) is 17.3. The average Bonchev–Trinajstić information content (AvgIpc) is 3.30. The highest BCUT2D eigenvalue weighted by Crippen LogP contribution is 2.43. The number of pyridine rings is 1. The zero-order valence-electron chi connectivity index (χ0n) is 15.4. The standard InChI is InChI=1S/C23H17FN4O/c24-18-8-6-17(7-9-18)22-19-20(16-4-2-1-3-5-16)26-27-21(19)23(29)28(22)14-15-10-12-25-13-11-15/h1-13,22H,14H2,(H,26,27). The average molecular weight is 384 g/mol. The number of aromatic nitrogens is 3. The maximum atomic E-state index is 13.6. The highest BCUT2D eigenvalue weighted by atomic mass is 19.1. The predicted octanol–water partition coefficient (Wildman–Crippen LogP) is 4.36. The summed E-state index contributed by atoms with van der Waals surface area (Å²) in [6, 6.07) is 19.5. The van der Waals surface area contributed by atoms with E-state index in [-0.39, 0.29) is 17.8 Å². The van der Waals surface area contributed by atoms with Crippen LogP contribution in [0.1, 0.15) is 33.2 Å². The summed E-state index contributed by atoms with van der Waals surface area (Å²) < 4.78 is 13.6. The highest BCUT2D eigenvalue weighted by molar-refractivity contribution is 6.00. The van der Waals surface area contributed by atoms with Crippen LogP contribution in [0.2, 0.25) is 0 Å². The van der Waals surface area contributed by atoms with E-state index in [0.717, 1.165) is 27.9 Å². The Morgan fingerprint density at radius 1 is 0.966 bits per heavy atom. The third kappa shape index (κ3) is 2.99. The minimum absolute atomic E-state index is 0.124. The van der Waals surface area contributed by atoms with E-state index < -0.39 is 0 Å². The molecular weight excluding hydrogens is 367 g/mol. The molecular formula is C23H17FN4O. The Hall–Kier alpha value is -3.80. The van der Waals surface area contributed by atoms with Gasteiger partial charge in [-0.05, 0) is 35.4 Å². The fraction of sp³-hybridized carbons (Fsp3) is 0.0870. The number of amides is 1. The summed E-state index contributed by atoms with van der Waals surface area (Å²) in [5, 5.41) is 7.37. The lowest BCUT2D eigenvalue weighted by atomic mass is 9.96. The van der Waals surface area contributed by atoms with Crippen LogP contribution in [-0.2, 0) is 6.54 Å². The van der Waals surface area contributed by atoms with Gasteiger partial charge in [-0.3, -0.25) is 14.9 Å². The van der Waals surface area contributed by atoms with E-state index in [1.54, 1.807) is 29.4 Å². The molecule has 1 N–H and O–H groups in total. The number of carbonyl (C=O) groups excluding carboxylic acids is 1. The minimum atomic E-state index is -0.361. The van der Waals surface area contributed by atoms with E-state index in [0.29, 0.717) is 12.2 Å². The summed E-state index contributed by atoms with van der Waals surface area (Å²) in [7, 11) is 0. The number of nitrogens with zero attached hydrogens (tertiary/aromatic N) is 3. The van der Waals surface area contributed by atoms with Crippen LogP contribution in [0.3, 0.4) is 0 Å². The molecule has 0 saturated carbocycles. The molecule has 1 aliphatic heterocycles. The van der Waals surface area contributed by atoms with Gasteiger partial charge in [0.25, 0.3) is 5.91 Å². The first-order valence-electron chi connectivity index (χ1n) is 9.31. The number of aromatic amines is 1. The van der Waals surface area contributed by atoms with Crippen molar-refractivity contribution in [2.75, 3.05) is 0 Å². The van der Waals surface area contributed by atoms with Crippen molar-refractivity contribution in [3.8, 4) is 11.3 Å². The van der Waals surface area contributed by atoms with Crippen molar-refractivity contribution in [2.45, 2.75) is 12.6 Å². The molecule has 3 heterocycles. The van der Waals surface area contributed by atoms with Crippen molar-refractivity contribution < 1.29 is 9.18 Å². The van der Waals surface area contributed by atoms with Gasteiger partial charge in [-0.2, -0.15) is 5.10 Å². The molecule has 29 heavy (non-hydrogen) atoms. The van der Waals surface area contributed by atoms with Gasteiger partial charge < -0.3 is 4.90 Å². The van der Waals surface area contributed by atoms with Crippen molar-refractivity contribution in [3.05, 3.63) is 107 Å². The van der Waals surface area contributed by atoms with E-state index in [2.05, 4.69) is 15.2 Å². The minimum Gasteiger partial charge on any atom is -0.322 e. The van der Waals surface area contributed by atoms with Crippen molar-refractivity contribution >= 4 is 5.91 Å². The van der Waals surface area contributed by atoms with Gasteiger partial charge >= 0.3 is 0 Å². The van der Waals surface area contributed by atoms with Gasteiger partial charge in [0, 0.05) is 30.1 Å². The molecule has 0 spiro atoms. The van der Waals surface area contributed by atoms with Crippen LogP contribution >= 0.6 is 0 Å². The number of carbonyl (C=O) groups is 1. The van der Waals surface area contributed by atoms with Crippen LogP contribution in [0.15, 0.2) is 79.1 Å². The van der Waals surface area contributed by atoms with Gasteiger partial charge in [0.2, 0.25) is 0 Å². The third-order valence-electron chi connectivity index (χ3n) is 5.20. The van der Waals surface area contributed by atoms with E-state index in [4.69, 9.17) is 0 Å². The summed E-state index contributed by atoms with van der Waals surface area (Å²) >= 11 is 0. The van der Waals surface area contributed by atoms with E-state index in [1.165, 1.54) is 12.1 Å². The van der Waals surface area contributed by atoms with Crippen molar-refractivity contribution in [1.29, 1.82) is 0 Å². The number of fused-ring (bicyclic) bond motifs is 1. The number of nitrogens with one attached hydrogen (secondary N) is 1. The SMILES string of the molecule is O=C1c2[nH]nc(-c3ccccc3)c2C(c2ccc(F)cc2)N1Cc1ccncc1. The first-order valence-corrected chi connectivity index (χ1v) is 9.31. The molecule has 0 aliphatic carbocycles. The Balaban J connectivity index is 1.65. The zero-order valence-corrected chi connectivity index (χ0v) is 15.4. The van der Waals surface area contributed by atoms with E-state index in [1.807, 2.05) is 42.5 Å². The largest absolute Gasteiger partial charge is 0.322 e. The fourth-order valence-corrected chi connectivity index (χ4v) is 3.85. The molecule has 0 fully saturated rings. The number of benzene rings is 2. The molecule has 4 aromatic rings. The third-order valence-corrected chi connectivity index (χ3v) is 5.20. The Morgan fingerprint density at radius 3 is 2.41 bits per heavy atom. The molecule has 1 aliphatic rings. The summed E-state index contributed by atoms with van der Waals surface area (Å²) in [6.07, 6.45) is 3.41. The molecule has 5 nitrogen and oxygen atoms in total. The van der Waals surface area contributed by atoms with Crippen LogP contribution in [-0.4, -0.2) is 26.0 Å². The lowest BCUT2D eigenvalue weighted by Crippen LogP contribution is -2.29. The van der Waals surface area contributed by atoms with Gasteiger partial charge in [0.15, 0.2) is 0 Å². The molecule has 142 valence electrons. The summed E-state index contributed by atoms with van der Waals surface area (Å²) in [5.74, 6) is -0.435. The predicted molar refractivity (Wildman–Crippen MR) is 106 cm³/mol. The summed E-state index contributed by atoms with van der Waals surface area (Å²) in [6.45, 7) is 0.417. The van der Waals surface area contributed by atoms with Crippen LogP contribution in [0, 0.1) is 5.82 Å². The molecule has 0 saturated heterocycles. The second-order valence-corrected chi connectivity index (χ2v) is 6.97. The normalized spacial score (nSPS) is 15.6. The van der Waals surface area contributed by atoms with Gasteiger partial charge in [-0.15, -0.1) is 0 Å². The zero-order chi connectivity index (χ0) is 19.8. The van der Waals surface area contributed by atoms with Crippen molar-refractivity contribution in [1.82, 2.24) is 20.1 Å². The Morgan fingerprint density at radius 2 is 1.69 bits per heavy atom. The Kier molecular flexibility index (Phi) is 4.17. The lowest BCUT2D eigenvalue weighted by molar-refractivity contribution is 0.0730. The highest BCUT2D eigenvalue weighted by Gasteiger charge is 2.42. The summed E-state index contributed by atoms with van der Waals surface area (Å²) in [4.78, 5) is 19.1. The second-order valence-electron chi connectivity index (χ2n) is 6.97. The number of hydrogen-bond acceptors (Lipinski definition) is 3. The smallest absolute Gasteiger partial charge is 0.273 e. The first-order chi connectivity index (χ1) is 14.2. The molecule has 0 radical (unpaired) electrons. The molecule has 2 aromatic heterocycles. The van der Waals surface area contributed by atoms with Crippen LogP contribution in [0.5, 0.6) is 0 Å². The van der Waals surface area contributed by atoms with E-state index in [9.17, 15) is 9.18 Å². The topological polar surface area (TPSA) is 61.9 Å². The number of H-pyrrole nitrogens is 1. The van der Waals surface area contributed by atoms with Crippen molar-refractivity contribution in [3.63, 3.8) is 0 Å². The van der Waals surface area contributed by atoms with Gasteiger partial charge in [-0.25, -0.2) is 4.39 Å². The van der Waals surface area contributed by atoms with Gasteiger partial charge in [-0.1, -0.05) is 42.5 Å². The fourth-order valence-electron chi connectivity index (χ4n) is 3.85. The quantitative estimate of drug-likeness (QED) is 0.569. The monoisotopic (exact) mass is 384 g/mol. The Labute approximate surface area is 166 Å². The molecule has 1 amide bonds. The number of hydrogen-bond donors (Lipinski definition) is 1. The molecule has 2 aromatic carbocycles. The number of rotatable bonds is 4.